The van der Waals surface area contributed by atoms with Crippen LogP contribution in [0, 0.1) is 0 Å². The van der Waals surface area contributed by atoms with Crippen LogP contribution in [0.15, 0.2) is 0 Å². The van der Waals surface area contributed by atoms with Crippen LogP contribution in [0.25, 0.3) is 0 Å². The predicted molar refractivity (Wildman–Crippen MR) is 106 cm³/mol. The lowest BCUT2D eigenvalue weighted by molar-refractivity contribution is -0.151. The molecule has 2 saturated heterocycles. The third-order valence-corrected chi connectivity index (χ3v) is 5.52. The average molecular weight is 399 g/mol. The second kappa shape index (κ2) is 13.2. The van der Waals surface area contributed by atoms with Crippen molar-refractivity contribution in [2.24, 2.45) is 0 Å². The zero-order valence-electron chi connectivity index (χ0n) is 17.7. The second-order valence-electron chi connectivity index (χ2n) is 8.23. The lowest BCUT2D eigenvalue weighted by Gasteiger charge is -2.16. The monoisotopic (exact) mass is 398 g/mol. The van der Waals surface area contributed by atoms with E-state index in [2.05, 4.69) is 0 Å². The van der Waals surface area contributed by atoms with Gasteiger partial charge in [-0.25, -0.2) is 0 Å². The van der Waals surface area contributed by atoms with Crippen molar-refractivity contribution in [3.05, 3.63) is 0 Å². The maximum Gasteiger partial charge on any atom is 0.306 e. The Kier molecular flexibility index (Phi) is 10.9. The molecule has 0 radical (unpaired) electrons. The number of carbonyl (C=O) groups excluding carboxylic acids is 2. The summed E-state index contributed by atoms with van der Waals surface area (Å²) in [6.07, 6.45) is 10.6. The third kappa shape index (κ3) is 9.87. The van der Waals surface area contributed by atoms with Gasteiger partial charge in [0.05, 0.1) is 24.4 Å². The molecule has 0 aliphatic carbocycles. The van der Waals surface area contributed by atoms with Gasteiger partial charge < -0.3 is 18.9 Å². The van der Waals surface area contributed by atoms with Crippen LogP contribution in [0.1, 0.15) is 90.9 Å². The highest BCUT2D eigenvalue weighted by atomic mass is 16.5. The molecule has 4 atom stereocenters. The Morgan fingerprint density at radius 2 is 1.25 bits per heavy atom. The van der Waals surface area contributed by atoms with Crippen molar-refractivity contribution in [3.8, 4) is 0 Å². The van der Waals surface area contributed by atoms with Gasteiger partial charge in [-0.2, -0.15) is 0 Å². The summed E-state index contributed by atoms with van der Waals surface area (Å²) in [6, 6.07) is 0. The van der Waals surface area contributed by atoms with Gasteiger partial charge in [0.2, 0.25) is 0 Å². The van der Waals surface area contributed by atoms with Crippen molar-refractivity contribution in [1.29, 1.82) is 0 Å². The lowest BCUT2D eigenvalue weighted by Crippen LogP contribution is -2.18. The number of esters is 2. The van der Waals surface area contributed by atoms with Gasteiger partial charge in [0.1, 0.15) is 0 Å². The summed E-state index contributed by atoms with van der Waals surface area (Å²) in [6.45, 7) is 5.58. The smallest absolute Gasteiger partial charge is 0.306 e. The van der Waals surface area contributed by atoms with E-state index in [0.717, 1.165) is 64.6 Å². The zero-order chi connectivity index (χ0) is 20.2. The quantitative estimate of drug-likeness (QED) is 0.340. The Hall–Kier alpha value is -1.14. The van der Waals surface area contributed by atoms with Gasteiger partial charge in [-0.1, -0.05) is 0 Å². The average Bonchev–Trinajstić information content (AvgIpc) is 3.35. The summed E-state index contributed by atoms with van der Waals surface area (Å²) < 4.78 is 22.1. The molecule has 2 heterocycles. The first-order valence-electron chi connectivity index (χ1n) is 11.1. The van der Waals surface area contributed by atoms with Crippen LogP contribution >= 0.6 is 0 Å². The molecule has 28 heavy (non-hydrogen) atoms. The Morgan fingerprint density at radius 3 is 1.61 bits per heavy atom. The van der Waals surface area contributed by atoms with Crippen LogP contribution in [-0.4, -0.2) is 49.6 Å². The molecule has 6 heteroatoms. The van der Waals surface area contributed by atoms with Gasteiger partial charge in [0.25, 0.3) is 0 Å². The molecule has 0 unspecified atom stereocenters. The lowest BCUT2D eigenvalue weighted by atomic mass is 10.1. The Labute approximate surface area is 169 Å². The number of rotatable bonds is 13. The van der Waals surface area contributed by atoms with Crippen molar-refractivity contribution in [3.63, 3.8) is 0 Å². The van der Waals surface area contributed by atoms with Gasteiger partial charge in [-0.3, -0.25) is 9.59 Å². The van der Waals surface area contributed by atoms with Gasteiger partial charge in [0, 0.05) is 26.1 Å². The van der Waals surface area contributed by atoms with Crippen molar-refractivity contribution >= 4 is 11.9 Å². The highest BCUT2D eigenvalue weighted by Crippen LogP contribution is 2.20. The van der Waals surface area contributed by atoms with Gasteiger partial charge in [0.15, 0.2) is 0 Å². The Balaban J connectivity index is 1.44. The summed E-state index contributed by atoms with van der Waals surface area (Å²) in [5, 5.41) is 0. The molecule has 0 bridgehead atoms. The van der Waals surface area contributed by atoms with E-state index < -0.39 is 0 Å². The first-order chi connectivity index (χ1) is 13.5. The van der Waals surface area contributed by atoms with E-state index in [0.29, 0.717) is 37.9 Å². The maximum atomic E-state index is 11.9. The van der Waals surface area contributed by atoms with Crippen LogP contribution in [-0.2, 0) is 28.5 Å². The van der Waals surface area contributed by atoms with Crippen LogP contribution in [0.4, 0.5) is 0 Å². The molecule has 0 saturated carbocycles. The fourth-order valence-corrected chi connectivity index (χ4v) is 3.81. The molecule has 2 fully saturated rings. The van der Waals surface area contributed by atoms with Crippen molar-refractivity contribution in [2.75, 3.05) is 13.2 Å². The first-order valence-corrected chi connectivity index (χ1v) is 11.1. The molecule has 6 nitrogen and oxygen atoms in total. The maximum absolute atomic E-state index is 11.9. The second-order valence-corrected chi connectivity index (χ2v) is 8.23. The number of ether oxygens (including phenoxy) is 4. The molecule has 0 aromatic heterocycles. The normalized spacial score (nSPS) is 24.1. The minimum absolute atomic E-state index is 0.0774. The number of hydrogen-bond donors (Lipinski definition) is 0. The topological polar surface area (TPSA) is 71.1 Å². The summed E-state index contributed by atoms with van der Waals surface area (Å²) in [5.41, 5.74) is 0. The molecule has 0 aromatic rings. The van der Waals surface area contributed by atoms with Crippen LogP contribution < -0.4 is 0 Å². The van der Waals surface area contributed by atoms with Crippen LogP contribution in [0.3, 0.4) is 0 Å². The van der Waals surface area contributed by atoms with Crippen LogP contribution in [0.2, 0.25) is 0 Å². The Bertz CT molecular complexity index is 412. The minimum atomic E-state index is -0.182. The number of carbonyl (C=O) groups is 2. The summed E-state index contributed by atoms with van der Waals surface area (Å²) >= 11 is 0. The third-order valence-electron chi connectivity index (χ3n) is 5.52. The van der Waals surface area contributed by atoms with E-state index in [4.69, 9.17) is 18.9 Å². The van der Waals surface area contributed by atoms with Crippen LogP contribution in [0.5, 0.6) is 0 Å². The molecule has 2 aliphatic heterocycles. The molecule has 2 rings (SSSR count). The van der Waals surface area contributed by atoms with E-state index in [1.807, 2.05) is 13.8 Å². The summed E-state index contributed by atoms with van der Waals surface area (Å²) in [4.78, 5) is 23.8. The fraction of sp³-hybridized carbons (Fsp3) is 0.909. The molecule has 0 aromatic carbocycles. The van der Waals surface area contributed by atoms with Gasteiger partial charge in [-0.05, 0) is 78.1 Å². The molecule has 0 spiro atoms. The zero-order valence-corrected chi connectivity index (χ0v) is 17.7. The first kappa shape index (κ1) is 23.1. The largest absolute Gasteiger partial charge is 0.463 e. The molecule has 0 amide bonds. The molecule has 0 N–H and O–H groups in total. The molecule has 2 aliphatic rings. The predicted octanol–water partition coefficient (Wildman–Crippen LogP) is 4.33. The van der Waals surface area contributed by atoms with Gasteiger partial charge >= 0.3 is 11.9 Å². The molecular formula is C22H38O6. The Morgan fingerprint density at radius 1 is 0.821 bits per heavy atom. The standard InChI is InChI=1S/C22H38O6/c1-17(11-13-19-7-5-15-25-19)27-21(23)9-3-4-10-22(24)28-18(2)12-14-20-8-6-16-26-20/h17-20H,3-16H2,1-2H3/t17-,18-,19-,20+/m0/s1. The van der Waals surface area contributed by atoms with Crippen molar-refractivity contribution in [1.82, 2.24) is 0 Å². The van der Waals surface area contributed by atoms with Gasteiger partial charge in [-0.15, -0.1) is 0 Å². The molecular weight excluding hydrogens is 360 g/mol. The van der Waals surface area contributed by atoms with Crippen molar-refractivity contribution < 1.29 is 28.5 Å². The highest BCUT2D eigenvalue weighted by Gasteiger charge is 2.19. The van der Waals surface area contributed by atoms with E-state index in [9.17, 15) is 9.59 Å². The highest BCUT2D eigenvalue weighted by molar-refractivity contribution is 5.70. The number of unbranched alkanes of at least 4 members (excludes halogenated alkanes) is 1. The van der Waals surface area contributed by atoms with E-state index in [1.165, 1.54) is 0 Å². The van der Waals surface area contributed by atoms with E-state index in [-0.39, 0.29) is 24.1 Å². The molecule has 162 valence electrons. The summed E-state index contributed by atoms with van der Waals surface area (Å²) in [5.74, 6) is -0.365. The number of hydrogen-bond acceptors (Lipinski definition) is 6. The van der Waals surface area contributed by atoms with E-state index in [1.54, 1.807) is 0 Å². The SMILES string of the molecule is C[C@@H](CC[C@H]1CCCO1)OC(=O)CCCCC(=O)O[C@@H](C)CC[C@@H]1CCCO1. The summed E-state index contributed by atoms with van der Waals surface area (Å²) in [7, 11) is 0. The van der Waals surface area contributed by atoms with Crippen molar-refractivity contribution in [2.45, 2.75) is 115 Å². The fourth-order valence-electron chi connectivity index (χ4n) is 3.81. The van der Waals surface area contributed by atoms with E-state index >= 15 is 0 Å². The minimum Gasteiger partial charge on any atom is -0.463 e.